The Hall–Kier alpha value is -1.74. The normalized spacial score (nSPS) is 25.6. The highest BCUT2D eigenvalue weighted by Crippen LogP contribution is 2.09. The van der Waals surface area contributed by atoms with Gasteiger partial charge in [-0.25, -0.2) is 4.98 Å². The summed E-state index contributed by atoms with van der Waals surface area (Å²) < 4.78 is 0. The molecule has 148 valence electrons. The van der Waals surface area contributed by atoms with Crippen molar-refractivity contribution in [1.29, 1.82) is 0 Å². The predicted octanol–water partition coefficient (Wildman–Crippen LogP) is 0.791. The average Bonchev–Trinajstić information content (AvgIpc) is 2.70. The Balaban J connectivity index is 1.65. The molecule has 0 aromatic carbocycles. The predicted molar refractivity (Wildman–Crippen MR) is 105 cm³/mol. The number of nitroso groups, excluding NO2 is 1. The van der Waals surface area contributed by atoms with Crippen LogP contribution in [-0.2, 0) is 6.54 Å². The first-order chi connectivity index (χ1) is 13.2. The van der Waals surface area contributed by atoms with Crippen molar-refractivity contribution in [3.8, 4) is 0 Å². The second-order valence-corrected chi connectivity index (χ2v) is 7.33. The van der Waals surface area contributed by atoms with Gasteiger partial charge in [-0.1, -0.05) is 6.07 Å². The maximum absolute atomic E-state index is 11.5. The summed E-state index contributed by atoms with van der Waals surface area (Å²) in [7, 11) is 0. The van der Waals surface area contributed by atoms with Crippen LogP contribution < -0.4 is 5.32 Å². The molecule has 2 aliphatic rings. The minimum Gasteiger partial charge on any atom is -0.315 e. The van der Waals surface area contributed by atoms with Crippen LogP contribution in [0.5, 0.6) is 0 Å². The van der Waals surface area contributed by atoms with Crippen LogP contribution in [0.3, 0.4) is 0 Å². The van der Waals surface area contributed by atoms with Crippen LogP contribution in [0.25, 0.3) is 0 Å². The number of carbonyl (C=O) groups is 1. The van der Waals surface area contributed by atoms with E-state index >= 15 is 0 Å². The summed E-state index contributed by atoms with van der Waals surface area (Å²) in [4.78, 5) is 33.8. The number of nitrogens with one attached hydrogen (secondary N) is 1. The third kappa shape index (κ3) is 6.42. The number of hydrogen-bond acceptors (Lipinski definition) is 7. The molecule has 2 saturated heterocycles. The molecule has 0 spiro atoms. The van der Waals surface area contributed by atoms with Crippen molar-refractivity contribution in [3.05, 3.63) is 34.5 Å². The van der Waals surface area contributed by atoms with Crippen LogP contribution in [0.1, 0.15) is 29.0 Å². The van der Waals surface area contributed by atoms with E-state index in [-0.39, 0.29) is 5.69 Å². The lowest BCUT2D eigenvalue weighted by Gasteiger charge is -2.33. The standard InChI is InChI=1S/C19H30N6O2/c26-19(22-27)18-5-1-4-17(21-18)16-25-10-3-9-23-11-7-20-6-2-8-24(13-12-23)14-15-25/h1,4-5,20H,2-3,6-16H2. The van der Waals surface area contributed by atoms with Crippen molar-refractivity contribution >= 4 is 5.91 Å². The summed E-state index contributed by atoms with van der Waals surface area (Å²) in [6.45, 7) is 11.5. The lowest BCUT2D eigenvalue weighted by atomic mass is 10.2. The molecule has 1 aromatic heterocycles. The highest BCUT2D eigenvalue weighted by Gasteiger charge is 2.17. The monoisotopic (exact) mass is 374 g/mol. The summed E-state index contributed by atoms with van der Waals surface area (Å²) in [5.41, 5.74) is 0.946. The Labute approximate surface area is 160 Å². The Bertz CT molecular complexity index is 626. The number of nitrogens with zero attached hydrogens (tertiary/aromatic N) is 5. The zero-order chi connectivity index (χ0) is 18.9. The fraction of sp³-hybridized carbons (Fsp3) is 0.684. The molecule has 0 saturated carbocycles. The molecule has 2 unspecified atom stereocenters. The first-order valence-electron chi connectivity index (χ1n) is 9.96. The Morgan fingerprint density at radius 1 is 0.963 bits per heavy atom. The second-order valence-electron chi connectivity index (χ2n) is 7.33. The van der Waals surface area contributed by atoms with Gasteiger partial charge in [-0.2, -0.15) is 0 Å². The molecular formula is C19H30N6O2. The van der Waals surface area contributed by atoms with Gasteiger partial charge in [0.05, 0.1) is 5.69 Å². The van der Waals surface area contributed by atoms with Crippen molar-refractivity contribution in [3.63, 3.8) is 0 Å². The quantitative estimate of drug-likeness (QED) is 0.784. The zero-order valence-electron chi connectivity index (χ0n) is 16.0. The summed E-state index contributed by atoms with van der Waals surface area (Å²) in [5.74, 6) is -0.803. The van der Waals surface area contributed by atoms with Gasteiger partial charge in [-0.15, -0.1) is 4.91 Å². The van der Waals surface area contributed by atoms with Crippen molar-refractivity contribution in [2.45, 2.75) is 19.4 Å². The number of pyridine rings is 1. The average molecular weight is 374 g/mol. The highest BCUT2D eigenvalue weighted by atomic mass is 16.3. The minimum absolute atomic E-state index is 0.131. The van der Waals surface area contributed by atoms with Gasteiger partial charge in [-0.05, 0) is 51.2 Å². The van der Waals surface area contributed by atoms with E-state index < -0.39 is 5.91 Å². The van der Waals surface area contributed by atoms with E-state index in [1.807, 2.05) is 6.07 Å². The van der Waals surface area contributed by atoms with Crippen LogP contribution >= 0.6 is 0 Å². The molecule has 1 amide bonds. The molecular weight excluding hydrogens is 344 g/mol. The van der Waals surface area contributed by atoms with E-state index in [1.165, 1.54) is 6.42 Å². The molecule has 2 bridgehead atoms. The molecule has 8 heteroatoms. The van der Waals surface area contributed by atoms with E-state index in [0.717, 1.165) is 77.6 Å². The number of rotatable bonds is 3. The summed E-state index contributed by atoms with van der Waals surface area (Å²) in [6.07, 6.45) is 2.30. The maximum Gasteiger partial charge on any atom is 0.334 e. The Morgan fingerprint density at radius 2 is 1.74 bits per heavy atom. The molecule has 8 nitrogen and oxygen atoms in total. The van der Waals surface area contributed by atoms with E-state index in [9.17, 15) is 9.70 Å². The lowest BCUT2D eigenvalue weighted by Crippen LogP contribution is -2.46. The topological polar surface area (TPSA) is 81.1 Å². The van der Waals surface area contributed by atoms with Crippen molar-refractivity contribution in [2.75, 3.05) is 65.4 Å². The first-order valence-corrected chi connectivity index (χ1v) is 9.96. The van der Waals surface area contributed by atoms with Crippen molar-refractivity contribution < 1.29 is 4.79 Å². The first kappa shape index (κ1) is 20.0. The summed E-state index contributed by atoms with van der Waals surface area (Å²) in [6, 6.07) is 5.23. The van der Waals surface area contributed by atoms with Crippen LogP contribution in [0.2, 0.25) is 0 Å². The van der Waals surface area contributed by atoms with Crippen molar-refractivity contribution in [2.24, 2.45) is 5.18 Å². The summed E-state index contributed by atoms with van der Waals surface area (Å²) in [5, 5.41) is 6.02. The molecule has 0 aliphatic carbocycles. The fourth-order valence-electron chi connectivity index (χ4n) is 3.78. The molecule has 2 atom stereocenters. The molecule has 1 N–H and O–H groups in total. The molecule has 2 fully saturated rings. The third-order valence-electron chi connectivity index (χ3n) is 5.34. The van der Waals surface area contributed by atoms with E-state index in [2.05, 4.69) is 30.2 Å². The van der Waals surface area contributed by atoms with E-state index in [1.54, 1.807) is 12.1 Å². The minimum atomic E-state index is -0.803. The number of aromatic nitrogens is 1. The van der Waals surface area contributed by atoms with E-state index in [0.29, 0.717) is 6.54 Å². The number of amides is 1. The van der Waals surface area contributed by atoms with E-state index in [4.69, 9.17) is 0 Å². The van der Waals surface area contributed by atoms with Gasteiger partial charge in [0.2, 0.25) is 0 Å². The molecule has 3 heterocycles. The van der Waals surface area contributed by atoms with Crippen molar-refractivity contribution in [1.82, 2.24) is 25.0 Å². The third-order valence-corrected chi connectivity index (χ3v) is 5.34. The van der Waals surface area contributed by atoms with Gasteiger partial charge in [0.15, 0.2) is 0 Å². The van der Waals surface area contributed by atoms with Crippen LogP contribution in [0.15, 0.2) is 23.4 Å². The van der Waals surface area contributed by atoms with Crippen LogP contribution in [0, 0.1) is 4.91 Å². The zero-order valence-corrected chi connectivity index (χ0v) is 16.0. The smallest absolute Gasteiger partial charge is 0.315 e. The number of hydrogen-bond donors (Lipinski definition) is 1. The Kier molecular flexibility index (Phi) is 7.82. The molecule has 2 aliphatic heterocycles. The molecule has 1 aromatic rings. The van der Waals surface area contributed by atoms with Gasteiger partial charge in [0, 0.05) is 51.0 Å². The highest BCUT2D eigenvalue weighted by molar-refractivity contribution is 5.92. The van der Waals surface area contributed by atoms with Gasteiger partial charge < -0.3 is 15.1 Å². The number of carbonyl (C=O) groups excluding carboxylic acids is 1. The number of fused-ring (bicyclic) bond motifs is 3. The Morgan fingerprint density at radius 3 is 2.59 bits per heavy atom. The molecule has 3 rings (SSSR count). The van der Waals surface area contributed by atoms with Gasteiger partial charge >= 0.3 is 5.91 Å². The fourth-order valence-corrected chi connectivity index (χ4v) is 3.78. The van der Waals surface area contributed by atoms with Crippen LogP contribution in [-0.4, -0.2) is 91.0 Å². The van der Waals surface area contributed by atoms with Gasteiger partial charge in [-0.3, -0.25) is 9.69 Å². The molecule has 0 radical (unpaired) electrons. The van der Waals surface area contributed by atoms with Gasteiger partial charge in [0.1, 0.15) is 5.69 Å². The van der Waals surface area contributed by atoms with Gasteiger partial charge in [0.25, 0.3) is 0 Å². The SMILES string of the molecule is O=NC(=O)c1cccc(CN2CCCN3CCNCCCN(CC3)CC2)n1. The second kappa shape index (κ2) is 10.6. The van der Waals surface area contributed by atoms with Crippen LogP contribution in [0.4, 0.5) is 0 Å². The summed E-state index contributed by atoms with van der Waals surface area (Å²) >= 11 is 0. The maximum atomic E-state index is 11.5. The molecule has 27 heavy (non-hydrogen) atoms. The largest absolute Gasteiger partial charge is 0.334 e. The lowest BCUT2D eigenvalue weighted by molar-refractivity contribution is 0.0995.